The molecule has 0 aliphatic carbocycles. The van der Waals surface area contributed by atoms with Crippen LogP contribution in [-0.2, 0) is 32.7 Å². The Morgan fingerprint density at radius 2 is 1.11 bits per heavy atom. The molecule has 54 heavy (non-hydrogen) atoms. The number of hydrogen-bond acceptors (Lipinski definition) is 8. The second-order valence-electron chi connectivity index (χ2n) is 13.9. The molecule has 2 unspecified atom stereocenters. The van der Waals surface area contributed by atoms with E-state index in [-0.39, 0.29) is 26.1 Å². The number of rotatable bonds is 34. The molecule has 0 spiro atoms. The maximum atomic E-state index is 12.6. The van der Waals surface area contributed by atoms with Crippen LogP contribution >= 0.6 is 7.82 Å². The Bertz CT molecular complexity index is 1240. The van der Waals surface area contributed by atoms with E-state index in [4.69, 9.17) is 18.5 Å². The van der Waals surface area contributed by atoms with E-state index >= 15 is 0 Å². The topological polar surface area (TPSA) is 111 Å². The van der Waals surface area contributed by atoms with E-state index in [1.165, 1.54) is 0 Å². The molecule has 0 saturated heterocycles. The van der Waals surface area contributed by atoms with Crippen LogP contribution in [0.4, 0.5) is 0 Å². The van der Waals surface area contributed by atoms with Crippen molar-refractivity contribution in [1.82, 2.24) is 0 Å². The minimum Gasteiger partial charge on any atom is -0.756 e. The number of allylic oxidation sites excluding steroid dienone is 16. The number of nitrogens with zero attached hydrogens (tertiary/aromatic N) is 1. The number of unbranched alkanes of at least 4 members (excludes halogenated alkanes) is 6. The number of hydrogen-bond donors (Lipinski definition) is 0. The molecule has 0 aromatic heterocycles. The predicted molar refractivity (Wildman–Crippen MR) is 222 cm³/mol. The number of esters is 2. The van der Waals surface area contributed by atoms with Gasteiger partial charge in [-0.3, -0.25) is 14.2 Å². The van der Waals surface area contributed by atoms with Crippen LogP contribution in [0.1, 0.15) is 117 Å². The third-order valence-corrected chi connectivity index (χ3v) is 8.62. The van der Waals surface area contributed by atoms with Gasteiger partial charge in [0.2, 0.25) is 0 Å². The summed E-state index contributed by atoms with van der Waals surface area (Å²) in [6.07, 6.45) is 45.9. The molecule has 0 aliphatic rings. The van der Waals surface area contributed by atoms with Crippen LogP contribution < -0.4 is 4.89 Å². The smallest absolute Gasteiger partial charge is 0.306 e. The minimum atomic E-state index is -4.65. The first-order valence-corrected chi connectivity index (χ1v) is 21.4. The molecule has 0 aromatic carbocycles. The second kappa shape index (κ2) is 35.6. The molecule has 0 bridgehead atoms. The molecule has 0 saturated carbocycles. The van der Waals surface area contributed by atoms with Crippen molar-refractivity contribution in [2.45, 2.75) is 123 Å². The summed E-state index contributed by atoms with van der Waals surface area (Å²) in [4.78, 5) is 37.4. The van der Waals surface area contributed by atoms with Gasteiger partial charge in [0.05, 0.1) is 27.7 Å². The third kappa shape index (κ3) is 38.6. The highest BCUT2D eigenvalue weighted by atomic mass is 31.2. The Balaban J connectivity index is 4.56. The minimum absolute atomic E-state index is 0.0500. The third-order valence-electron chi connectivity index (χ3n) is 7.66. The first-order valence-electron chi connectivity index (χ1n) is 20.0. The summed E-state index contributed by atoms with van der Waals surface area (Å²) >= 11 is 0. The zero-order chi connectivity index (χ0) is 40.0. The molecule has 2 atom stereocenters. The predicted octanol–water partition coefficient (Wildman–Crippen LogP) is 10.4. The zero-order valence-corrected chi connectivity index (χ0v) is 35.0. The molecule has 0 fully saturated rings. The Hall–Kier alpha value is -3.07. The first kappa shape index (κ1) is 50.9. The second-order valence-corrected chi connectivity index (χ2v) is 15.4. The quantitative estimate of drug-likeness (QED) is 0.0159. The lowest BCUT2D eigenvalue weighted by molar-refractivity contribution is -0.870. The van der Waals surface area contributed by atoms with E-state index in [1.807, 2.05) is 45.4 Å². The lowest BCUT2D eigenvalue weighted by atomic mass is 10.1. The van der Waals surface area contributed by atoms with E-state index in [0.29, 0.717) is 23.9 Å². The van der Waals surface area contributed by atoms with Crippen LogP contribution in [-0.4, -0.2) is 70.0 Å². The van der Waals surface area contributed by atoms with Gasteiger partial charge in [-0.05, 0) is 70.6 Å². The highest BCUT2D eigenvalue weighted by Crippen LogP contribution is 2.38. The number of carbonyl (C=O) groups excluding carboxylic acids is 2. The number of quaternary nitrogens is 1. The van der Waals surface area contributed by atoms with Gasteiger partial charge in [-0.25, -0.2) is 0 Å². The van der Waals surface area contributed by atoms with Gasteiger partial charge >= 0.3 is 11.9 Å². The molecule has 0 radical (unpaired) electrons. The molecule has 0 heterocycles. The SMILES string of the molecule is CC/C=C/C=C/C=C/CCCCCCCC(=O)OC(COC(=O)CCC/C=C/C/C=C/C/C=C/C/C=C/C/C=C/CC)COP(=O)([O-])OCC[N+](C)(C)C. The Morgan fingerprint density at radius 1 is 0.593 bits per heavy atom. The Morgan fingerprint density at radius 3 is 1.72 bits per heavy atom. The molecule has 10 heteroatoms. The number of likely N-dealkylation sites (N-methyl/N-ethyl adjacent to an activating group) is 1. The molecular weight excluding hydrogens is 701 g/mol. The Labute approximate surface area is 328 Å². The van der Waals surface area contributed by atoms with Gasteiger partial charge in [0.25, 0.3) is 7.82 Å². The molecule has 306 valence electrons. The highest BCUT2D eigenvalue weighted by molar-refractivity contribution is 7.45. The fourth-order valence-electron chi connectivity index (χ4n) is 4.57. The summed E-state index contributed by atoms with van der Waals surface area (Å²) in [5.74, 6) is -0.941. The number of phosphoric acid groups is 1. The summed E-state index contributed by atoms with van der Waals surface area (Å²) in [6.45, 7) is 3.84. The monoisotopic (exact) mass is 773 g/mol. The van der Waals surface area contributed by atoms with Crippen LogP contribution in [0, 0.1) is 0 Å². The molecular formula is C44H72NO8P. The van der Waals surface area contributed by atoms with Gasteiger partial charge in [-0.2, -0.15) is 0 Å². The van der Waals surface area contributed by atoms with Crippen LogP contribution in [0.25, 0.3) is 0 Å². The Kier molecular flexibility index (Phi) is 33.6. The molecule has 0 aromatic rings. The van der Waals surface area contributed by atoms with Gasteiger partial charge in [0.1, 0.15) is 19.8 Å². The fourth-order valence-corrected chi connectivity index (χ4v) is 5.30. The summed E-state index contributed by atoms with van der Waals surface area (Å²) in [6, 6.07) is 0. The number of carbonyl (C=O) groups is 2. The normalized spacial score (nSPS) is 14.7. The van der Waals surface area contributed by atoms with Crippen molar-refractivity contribution >= 4 is 19.8 Å². The molecule has 0 aliphatic heterocycles. The lowest BCUT2D eigenvalue weighted by Crippen LogP contribution is -2.37. The molecule has 9 nitrogen and oxygen atoms in total. The van der Waals surface area contributed by atoms with Crippen molar-refractivity contribution in [3.8, 4) is 0 Å². The van der Waals surface area contributed by atoms with E-state index in [2.05, 4.69) is 86.8 Å². The summed E-state index contributed by atoms with van der Waals surface area (Å²) < 4.78 is 33.7. The van der Waals surface area contributed by atoms with Gasteiger partial charge < -0.3 is 27.9 Å². The van der Waals surface area contributed by atoms with Crippen LogP contribution in [0.3, 0.4) is 0 Å². The highest BCUT2D eigenvalue weighted by Gasteiger charge is 2.21. The van der Waals surface area contributed by atoms with Crippen molar-refractivity contribution in [1.29, 1.82) is 0 Å². The van der Waals surface area contributed by atoms with Crippen LogP contribution in [0.5, 0.6) is 0 Å². The molecule has 0 amide bonds. The van der Waals surface area contributed by atoms with Gasteiger partial charge in [0, 0.05) is 12.8 Å². The van der Waals surface area contributed by atoms with Crippen LogP contribution in [0.15, 0.2) is 97.2 Å². The average molecular weight is 774 g/mol. The number of ether oxygens (including phenoxy) is 2. The maximum Gasteiger partial charge on any atom is 0.306 e. The summed E-state index contributed by atoms with van der Waals surface area (Å²) in [7, 11) is 1.10. The van der Waals surface area contributed by atoms with E-state index in [9.17, 15) is 19.0 Å². The summed E-state index contributed by atoms with van der Waals surface area (Å²) in [5, 5.41) is 0. The number of phosphoric ester groups is 1. The fraction of sp³-hybridized carbons (Fsp3) is 0.591. The maximum absolute atomic E-state index is 12.6. The van der Waals surface area contributed by atoms with Gasteiger partial charge in [-0.1, -0.05) is 130 Å². The van der Waals surface area contributed by atoms with Gasteiger partial charge in [-0.15, -0.1) is 0 Å². The van der Waals surface area contributed by atoms with Gasteiger partial charge in [0.15, 0.2) is 6.10 Å². The van der Waals surface area contributed by atoms with Crippen LogP contribution in [0.2, 0.25) is 0 Å². The standard InChI is InChI=1S/C44H72NO8P/c1-6-8-10-12-14-16-18-20-21-22-23-25-26-28-30-32-34-36-43(46)50-40-42(41-52-54(48,49)51-39-38-45(3,4)5)53-44(47)37-35-33-31-29-27-24-19-17-15-13-11-9-7-2/h8-11,13-17,19-21,23,25,28,30,42H,6-7,12,18,22,24,26-27,29,31-41H2,1-5H3/b10-8+,11-9+,15-13+,16-14+,19-17+,21-20+,25-23+,30-28+. The largest absolute Gasteiger partial charge is 0.756 e. The van der Waals surface area contributed by atoms with Crippen molar-refractivity contribution in [3.63, 3.8) is 0 Å². The van der Waals surface area contributed by atoms with Crippen molar-refractivity contribution < 1.29 is 42.1 Å². The first-order chi connectivity index (χ1) is 26.0. The van der Waals surface area contributed by atoms with E-state index < -0.39 is 32.5 Å². The molecule has 0 N–H and O–H groups in total. The van der Waals surface area contributed by atoms with E-state index in [1.54, 1.807) is 0 Å². The lowest BCUT2D eigenvalue weighted by Gasteiger charge is -2.28. The van der Waals surface area contributed by atoms with Crippen molar-refractivity contribution in [3.05, 3.63) is 97.2 Å². The molecule has 0 rings (SSSR count). The average Bonchev–Trinajstić information content (AvgIpc) is 3.12. The van der Waals surface area contributed by atoms with Crippen molar-refractivity contribution in [2.75, 3.05) is 47.5 Å². The summed E-state index contributed by atoms with van der Waals surface area (Å²) in [5.41, 5.74) is 0. The van der Waals surface area contributed by atoms with E-state index in [0.717, 1.165) is 77.0 Å². The zero-order valence-electron chi connectivity index (χ0n) is 34.1. The van der Waals surface area contributed by atoms with Crippen molar-refractivity contribution in [2.24, 2.45) is 0 Å².